The molecule has 0 aliphatic heterocycles. The summed E-state index contributed by atoms with van der Waals surface area (Å²) in [7, 11) is 0. The van der Waals surface area contributed by atoms with Gasteiger partial charge in [0.1, 0.15) is 17.9 Å². The van der Waals surface area contributed by atoms with Crippen LogP contribution in [0.15, 0.2) is 53.0 Å². The summed E-state index contributed by atoms with van der Waals surface area (Å²) in [6, 6.07) is 14.8. The second kappa shape index (κ2) is 7.10. The molecule has 2 rings (SSSR count). The van der Waals surface area contributed by atoms with Gasteiger partial charge in [-0.3, -0.25) is 0 Å². The van der Waals surface area contributed by atoms with E-state index in [1.807, 2.05) is 37.3 Å². The SMILES string of the molecule is CCOc1cc(Br)ccc1C(=O)OCc1ccccc1. The highest BCUT2D eigenvalue weighted by molar-refractivity contribution is 9.10. The van der Waals surface area contributed by atoms with Crippen LogP contribution in [0.4, 0.5) is 0 Å². The lowest BCUT2D eigenvalue weighted by atomic mass is 10.2. The van der Waals surface area contributed by atoms with Crippen molar-refractivity contribution in [2.45, 2.75) is 13.5 Å². The Hall–Kier alpha value is -1.81. The summed E-state index contributed by atoms with van der Waals surface area (Å²) in [6.07, 6.45) is 0. The third-order valence-corrected chi connectivity index (χ3v) is 3.17. The summed E-state index contributed by atoms with van der Waals surface area (Å²) < 4.78 is 11.6. The van der Waals surface area contributed by atoms with Gasteiger partial charge in [0.25, 0.3) is 0 Å². The number of benzene rings is 2. The van der Waals surface area contributed by atoms with E-state index in [0.29, 0.717) is 17.9 Å². The Morgan fingerprint density at radius 1 is 1.15 bits per heavy atom. The Morgan fingerprint density at radius 3 is 2.60 bits per heavy atom. The van der Waals surface area contributed by atoms with E-state index in [4.69, 9.17) is 9.47 Å². The molecule has 0 amide bonds. The van der Waals surface area contributed by atoms with E-state index in [-0.39, 0.29) is 12.6 Å². The second-order valence-electron chi connectivity index (χ2n) is 4.14. The predicted molar refractivity (Wildman–Crippen MR) is 80.9 cm³/mol. The van der Waals surface area contributed by atoms with Crippen molar-refractivity contribution >= 4 is 21.9 Å². The minimum absolute atomic E-state index is 0.251. The summed E-state index contributed by atoms with van der Waals surface area (Å²) in [5, 5.41) is 0. The Balaban J connectivity index is 2.09. The number of ether oxygens (including phenoxy) is 2. The molecule has 4 heteroatoms. The standard InChI is InChI=1S/C16H15BrO3/c1-2-19-15-10-13(17)8-9-14(15)16(18)20-11-12-6-4-3-5-7-12/h3-10H,2,11H2,1H3. The number of carbonyl (C=O) groups is 1. The van der Waals surface area contributed by atoms with Gasteiger partial charge in [-0.2, -0.15) is 0 Å². The van der Waals surface area contributed by atoms with E-state index >= 15 is 0 Å². The summed E-state index contributed by atoms with van der Waals surface area (Å²) >= 11 is 3.36. The minimum atomic E-state index is -0.384. The van der Waals surface area contributed by atoms with Crippen molar-refractivity contribution in [3.63, 3.8) is 0 Å². The van der Waals surface area contributed by atoms with Crippen LogP contribution in [0.2, 0.25) is 0 Å². The zero-order chi connectivity index (χ0) is 14.4. The van der Waals surface area contributed by atoms with Crippen LogP contribution >= 0.6 is 15.9 Å². The van der Waals surface area contributed by atoms with Crippen molar-refractivity contribution in [1.82, 2.24) is 0 Å². The zero-order valence-corrected chi connectivity index (χ0v) is 12.7. The van der Waals surface area contributed by atoms with Crippen molar-refractivity contribution < 1.29 is 14.3 Å². The molecule has 0 spiro atoms. The van der Waals surface area contributed by atoms with E-state index < -0.39 is 0 Å². The molecular formula is C16H15BrO3. The minimum Gasteiger partial charge on any atom is -0.493 e. The highest BCUT2D eigenvalue weighted by Crippen LogP contribution is 2.24. The molecule has 0 atom stereocenters. The third-order valence-electron chi connectivity index (χ3n) is 2.68. The number of esters is 1. The van der Waals surface area contributed by atoms with Crippen LogP contribution < -0.4 is 4.74 Å². The van der Waals surface area contributed by atoms with Crippen LogP contribution in [0.25, 0.3) is 0 Å². The van der Waals surface area contributed by atoms with Gasteiger partial charge in [0, 0.05) is 4.47 Å². The lowest BCUT2D eigenvalue weighted by Gasteiger charge is -2.10. The van der Waals surface area contributed by atoms with Gasteiger partial charge in [-0.05, 0) is 30.7 Å². The van der Waals surface area contributed by atoms with Gasteiger partial charge >= 0.3 is 5.97 Å². The molecule has 0 heterocycles. The molecule has 0 N–H and O–H groups in total. The van der Waals surface area contributed by atoms with Gasteiger partial charge in [-0.25, -0.2) is 4.79 Å². The van der Waals surface area contributed by atoms with Crippen LogP contribution in [0, 0.1) is 0 Å². The molecule has 20 heavy (non-hydrogen) atoms. The van der Waals surface area contributed by atoms with Gasteiger partial charge in [0.05, 0.1) is 6.61 Å². The quantitative estimate of drug-likeness (QED) is 0.768. The van der Waals surface area contributed by atoms with Crippen LogP contribution in [-0.2, 0) is 11.3 Å². The second-order valence-corrected chi connectivity index (χ2v) is 5.05. The molecule has 0 saturated carbocycles. The lowest BCUT2D eigenvalue weighted by Crippen LogP contribution is -2.08. The van der Waals surface area contributed by atoms with Gasteiger partial charge in [0.15, 0.2) is 0 Å². The van der Waals surface area contributed by atoms with Crippen molar-refractivity contribution in [2.75, 3.05) is 6.61 Å². The number of hydrogen-bond acceptors (Lipinski definition) is 3. The molecule has 2 aromatic carbocycles. The molecule has 0 fully saturated rings. The highest BCUT2D eigenvalue weighted by Gasteiger charge is 2.14. The average molecular weight is 335 g/mol. The van der Waals surface area contributed by atoms with E-state index in [9.17, 15) is 4.79 Å². The maximum Gasteiger partial charge on any atom is 0.342 e. The van der Waals surface area contributed by atoms with Gasteiger partial charge < -0.3 is 9.47 Å². The first-order valence-electron chi connectivity index (χ1n) is 6.34. The molecule has 0 saturated heterocycles. The Labute approximate surface area is 126 Å². The third kappa shape index (κ3) is 3.84. The summed E-state index contributed by atoms with van der Waals surface area (Å²) in [5.74, 6) is 0.143. The lowest BCUT2D eigenvalue weighted by molar-refractivity contribution is 0.0468. The normalized spacial score (nSPS) is 10.1. The molecule has 0 aromatic heterocycles. The molecular weight excluding hydrogens is 320 g/mol. The molecule has 0 bridgehead atoms. The molecule has 0 aliphatic carbocycles. The largest absolute Gasteiger partial charge is 0.493 e. The fourth-order valence-corrected chi connectivity index (χ4v) is 2.08. The maximum atomic E-state index is 12.1. The first-order chi connectivity index (χ1) is 9.70. The molecule has 0 radical (unpaired) electrons. The van der Waals surface area contributed by atoms with Crippen molar-refractivity contribution in [3.8, 4) is 5.75 Å². The topological polar surface area (TPSA) is 35.5 Å². The maximum absolute atomic E-state index is 12.1. The summed E-state index contributed by atoms with van der Waals surface area (Å²) in [4.78, 5) is 12.1. The fraction of sp³-hybridized carbons (Fsp3) is 0.188. The number of rotatable bonds is 5. The first kappa shape index (κ1) is 14.6. The van der Waals surface area contributed by atoms with Gasteiger partial charge in [0.2, 0.25) is 0 Å². The fourth-order valence-electron chi connectivity index (χ4n) is 1.74. The Kier molecular flexibility index (Phi) is 5.18. The number of hydrogen-bond donors (Lipinski definition) is 0. The van der Waals surface area contributed by atoms with E-state index in [2.05, 4.69) is 15.9 Å². The number of halogens is 1. The van der Waals surface area contributed by atoms with Crippen LogP contribution in [0.3, 0.4) is 0 Å². The molecule has 0 unspecified atom stereocenters. The van der Waals surface area contributed by atoms with Crippen LogP contribution in [0.1, 0.15) is 22.8 Å². The predicted octanol–water partition coefficient (Wildman–Crippen LogP) is 4.20. The van der Waals surface area contributed by atoms with Crippen molar-refractivity contribution in [3.05, 3.63) is 64.1 Å². The summed E-state index contributed by atoms with van der Waals surface area (Å²) in [5.41, 5.74) is 1.39. The van der Waals surface area contributed by atoms with E-state index in [1.54, 1.807) is 18.2 Å². The van der Waals surface area contributed by atoms with Gasteiger partial charge in [-0.1, -0.05) is 46.3 Å². The summed E-state index contributed by atoms with van der Waals surface area (Å²) in [6.45, 7) is 2.62. The highest BCUT2D eigenvalue weighted by atomic mass is 79.9. The molecule has 0 aliphatic rings. The Bertz CT molecular complexity index is 582. The van der Waals surface area contributed by atoms with E-state index in [1.165, 1.54) is 0 Å². The smallest absolute Gasteiger partial charge is 0.342 e. The monoisotopic (exact) mass is 334 g/mol. The van der Waals surface area contributed by atoms with Crippen molar-refractivity contribution in [1.29, 1.82) is 0 Å². The first-order valence-corrected chi connectivity index (χ1v) is 7.13. The van der Waals surface area contributed by atoms with E-state index in [0.717, 1.165) is 10.0 Å². The molecule has 2 aromatic rings. The zero-order valence-electron chi connectivity index (χ0n) is 11.1. The molecule has 3 nitrogen and oxygen atoms in total. The van der Waals surface area contributed by atoms with Crippen LogP contribution in [0.5, 0.6) is 5.75 Å². The van der Waals surface area contributed by atoms with Gasteiger partial charge in [-0.15, -0.1) is 0 Å². The average Bonchev–Trinajstić information content (AvgIpc) is 2.46. The van der Waals surface area contributed by atoms with Crippen LogP contribution in [-0.4, -0.2) is 12.6 Å². The van der Waals surface area contributed by atoms with Crippen molar-refractivity contribution in [2.24, 2.45) is 0 Å². The Morgan fingerprint density at radius 2 is 1.90 bits per heavy atom. The number of carbonyl (C=O) groups excluding carboxylic acids is 1. The molecule has 104 valence electrons.